The second-order valence-corrected chi connectivity index (χ2v) is 12.0. The van der Waals surface area contributed by atoms with Crippen LogP contribution in [0.1, 0.15) is 19.2 Å². The second-order valence-electron chi connectivity index (χ2n) is 11.0. The van der Waals surface area contributed by atoms with Gasteiger partial charge in [-0.25, -0.2) is 24.9 Å². The standard InChI is InChI=1S/C38H27N5S/c1-24-13-11-20-28(23-24)37-39-31(25-14-5-2-6-15-25)34-32(40-37)29-21-12-22-30(33(29)44-34)38-42-35(26-16-7-3-8-17-26)41-36(43-38)27-18-9-4-10-19-27/h2-12,14-24H,13H2,1H3. The number of hydrogen-bond acceptors (Lipinski definition) is 6. The molecule has 8 rings (SSSR count). The van der Waals surface area contributed by atoms with Gasteiger partial charge in [0.25, 0.3) is 0 Å². The Morgan fingerprint density at radius 1 is 0.568 bits per heavy atom. The molecular weight excluding hydrogens is 559 g/mol. The van der Waals surface area contributed by atoms with Crippen LogP contribution in [0, 0.1) is 5.92 Å². The van der Waals surface area contributed by atoms with Crippen LogP contribution >= 0.6 is 11.3 Å². The first-order valence-electron chi connectivity index (χ1n) is 14.8. The van der Waals surface area contributed by atoms with Crippen LogP contribution in [0.4, 0.5) is 0 Å². The molecule has 0 bridgehead atoms. The molecule has 210 valence electrons. The lowest BCUT2D eigenvalue weighted by Crippen LogP contribution is -2.01. The van der Waals surface area contributed by atoms with Gasteiger partial charge in [-0.3, -0.25) is 0 Å². The lowest BCUT2D eigenvalue weighted by molar-refractivity contribution is 0.738. The van der Waals surface area contributed by atoms with E-state index in [0.29, 0.717) is 23.4 Å². The van der Waals surface area contributed by atoms with Gasteiger partial charge in [-0.05, 0) is 18.4 Å². The minimum absolute atomic E-state index is 0.446. The third-order valence-corrected chi connectivity index (χ3v) is 9.09. The summed E-state index contributed by atoms with van der Waals surface area (Å²) in [5.41, 5.74) is 6.87. The van der Waals surface area contributed by atoms with E-state index in [-0.39, 0.29) is 0 Å². The highest BCUT2D eigenvalue weighted by molar-refractivity contribution is 7.26. The van der Waals surface area contributed by atoms with Gasteiger partial charge in [0, 0.05) is 37.9 Å². The van der Waals surface area contributed by atoms with E-state index in [1.807, 2.05) is 66.7 Å². The number of benzene rings is 4. The lowest BCUT2D eigenvalue weighted by atomic mass is 9.97. The Hall–Kier alpha value is -5.33. The van der Waals surface area contributed by atoms with Crippen molar-refractivity contribution in [2.24, 2.45) is 5.92 Å². The fourth-order valence-electron chi connectivity index (χ4n) is 5.68. The predicted molar refractivity (Wildman–Crippen MR) is 181 cm³/mol. The summed E-state index contributed by atoms with van der Waals surface area (Å²) in [6.07, 6.45) is 7.67. The van der Waals surface area contributed by atoms with Crippen LogP contribution in [0.25, 0.3) is 71.3 Å². The molecule has 5 nitrogen and oxygen atoms in total. The predicted octanol–water partition coefficient (Wildman–Crippen LogP) is 9.68. The molecule has 0 aliphatic heterocycles. The van der Waals surface area contributed by atoms with E-state index < -0.39 is 0 Å². The summed E-state index contributed by atoms with van der Waals surface area (Å²) in [7, 11) is 0. The van der Waals surface area contributed by atoms with Crippen LogP contribution in [0.5, 0.6) is 0 Å². The third-order valence-electron chi connectivity index (χ3n) is 7.85. The molecule has 3 aromatic heterocycles. The van der Waals surface area contributed by atoms with Crippen LogP contribution in [0.2, 0.25) is 0 Å². The second kappa shape index (κ2) is 11.1. The summed E-state index contributed by atoms with van der Waals surface area (Å²) in [6, 6.07) is 36.9. The maximum Gasteiger partial charge on any atom is 0.165 e. The molecule has 0 N–H and O–H groups in total. The average Bonchev–Trinajstić information content (AvgIpc) is 3.48. The minimum atomic E-state index is 0.446. The van der Waals surface area contributed by atoms with Crippen LogP contribution in [-0.4, -0.2) is 24.9 Å². The largest absolute Gasteiger partial charge is 0.226 e. The molecule has 0 saturated carbocycles. The van der Waals surface area contributed by atoms with Crippen molar-refractivity contribution in [1.29, 1.82) is 0 Å². The van der Waals surface area contributed by atoms with Crippen molar-refractivity contribution >= 4 is 37.2 Å². The van der Waals surface area contributed by atoms with Gasteiger partial charge in [-0.1, -0.05) is 128 Å². The number of rotatable bonds is 5. The summed E-state index contributed by atoms with van der Waals surface area (Å²) in [4.78, 5) is 25.3. The van der Waals surface area contributed by atoms with E-state index in [2.05, 4.69) is 67.6 Å². The Morgan fingerprint density at radius 2 is 1.18 bits per heavy atom. The van der Waals surface area contributed by atoms with E-state index in [4.69, 9.17) is 24.9 Å². The average molecular weight is 586 g/mol. The summed E-state index contributed by atoms with van der Waals surface area (Å²) in [6.45, 7) is 2.23. The smallest absolute Gasteiger partial charge is 0.165 e. The maximum atomic E-state index is 5.20. The Morgan fingerprint density at radius 3 is 1.82 bits per heavy atom. The van der Waals surface area contributed by atoms with Gasteiger partial charge in [0.05, 0.1) is 15.9 Å². The zero-order valence-corrected chi connectivity index (χ0v) is 24.9. The molecule has 1 unspecified atom stereocenters. The van der Waals surface area contributed by atoms with Crippen LogP contribution < -0.4 is 0 Å². The fraction of sp³-hybridized carbons (Fsp3) is 0.0789. The van der Waals surface area contributed by atoms with E-state index in [1.54, 1.807) is 11.3 Å². The first-order chi connectivity index (χ1) is 21.7. The first-order valence-corrected chi connectivity index (χ1v) is 15.6. The third kappa shape index (κ3) is 4.79. The molecule has 7 aromatic rings. The molecule has 0 spiro atoms. The zero-order chi connectivity index (χ0) is 29.5. The molecule has 3 heterocycles. The molecule has 1 aliphatic rings. The van der Waals surface area contributed by atoms with Gasteiger partial charge in [-0.15, -0.1) is 11.3 Å². The quantitative estimate of drug-likeness (QED) is 0.201. The lowest BCUT2D eigenvalue weighted by Gasteiger charge is -2.13. The van der Waals surface area contributed by atoms with Gasteiger partial charge < -0.3 is 0 Å². The van der Waals surface area contributed by atoms with Crippen molar-refractivity contribution in [1.82, 2.24) is 24.9 Å². The Bertz CT molecular complexity index is 2150. The fourth-order valence-corrected chi connectivity index (χ4v) is 6.94. The number of hydrogen-bond donors (Lipinski definition) is 0. The first kappa shape index (κ1) is 26.3. The summed E-state index contributed by atoms with van der Waals surface area (Å²) < 4.78 is 2.13. The Balaban J connectivity index is 1.39. The molecule has 1 aliphatic carbocycles. The number of allylic oxidation sites excluding steroid dienone is 4. The van der Waals surface area contributed by atoms with Crippen molar-refractivity contribution < 1.29 is 0 Å². The Kier molecular flexibility index (Phi) is 6.61. The topological polar surface area (TPSA) is 64.5 Å². The SMILES string of the molecule is CC1C=C(c2nc(-c3ccccc3)c3sc4c(-c5nc(-c6ccccc6)nc(-c6ccccc6)n5)cccc4c3n2)C=CC1. The van der Waals surface area contributed by atoms with Gasteiger partial charge in [-0.2, -0.15) is 0 Å². The molecular formula is C38H27N5S. The Labute approximate surface area is 259 Å². The molecule has 0 fully saturated rings. The highest BCUT2D eigenvalue weighted by Gasteiger charge is 2.21. The summed E-state index contributed by atoms with van der Waals surface area (Å²) in [5, 5.41) is 1.07. The van der Waals surface area contributed by atoms with Crippen molar-refractivity contribution in [2.75, 3.05) is 0 Å². The number of aromatic nitrogens is 5. The van der Waals surface area contributed by atoms with Crippen molar-refractivity contribution in [3.05, 3.63) is 133 Å². The van der Waals surface area contributed by atoms with E-state index >= 15 is 0 Å². The normalized spacial score (nSPS) is 14.7. The van der Waals surface area contributed by atoms with Crippen LogP contribution in [-0.2, 0) is 0 Å². The van der Waals surface area contributed by atoms with Gasteiger partial charge in [0.2, 0.25) is 0 Å². The minimum Gasteiger partial charge on any atom is -0.226 e. The van der Waals surface area contributed by atoms with Crippen LogP contribution in [0.15, 0.2) is 127 Å². The maximum absolute atomic E-state index is 5.20. The monoisotopic (exact) mass is 585 g/mol. The van der Waals surface area contributed by atoms with E-state index in [0.717, 1.165) is 66.1 Å². The van der Waals surface area contributed by atoms with Gasteiger partial charge >= 0.3 is 0 Å². The van der Waals surface area contributed by atoms with Crippen LogP contribution in [0.3, 0.4) is 0 Å². The van der Waals surface area contributed by atoms with Crippen molar-refractivity contribution in [3.8, 4) is 45.4 Å². The van der Waals surface area contributed by atoms with E-state index in [1.165, 1.54) is 0 Å². The summed E-state index contributed by atoms with van der Waals surface area (Å²) in [5.74, 6) is 3.12. The number of fused-ring (bicyclic) bond motifs is 3. The number of thiophene rings is 1. The van der Waals surface area contributed by atoms with Gasteiger partial charge in [0.15, 0.2) is 23.3 Å². The molecule has 0 radical (unpaired) electrons. The van der Waals surface area contributed by atoms with E-state index in [9.17, 15) is 0 Å². The van der Waals surface area contributed by atoms with Crippen molar-refractivity contribution in [3.63, 3.8) is 0 Å². The highest BCUT2D eigenvalue weighted by atomic mass is 32.1. The van der Waals surface area contributed by atoms with Crippen molar-refractivity contribution in [2.45, 2.75) is 13.3 Å². The molecule has 1 atom stereocenters. The number of nitrogens with zero attached hydrogens (tertiary/aromatic N) is 5. The summed E-state index contributed by atoms with van der Waals surface area (Å²) >= 11 is 1.70. The molecule has 0 saturated heterocycles. The molecule has 6 heteroatoms. The highest BCUT2D eigenvalue weighted by Crippen LogP contribution is 2.43. The molecule has 0 amide bonds. The zero-order valence-electron chi connectivity index (χ0n) is 24.1. The molecule has 4 aromatic carbocycles. The molecule has 44 heavy (non-hydrogen) atoms. The van der Waals surface area contributed by atoms with Gasteiger partial charge in [0.1, 0.15) is 0 Å².